The van der Waals surface area contributed by atoms with Crippen molar-refractivity contribution in [3.8, 4) is 0 Å². The lowest BCUT2D eigenvalue weighted by atomic mass is 10.2. The van der Waals surface area contributed by atoms with Crippen molar-refractivity contribution in [1.29, 1.82) is 0 Å². The van der Waals surface area contributed by atoms with Gasteiger partial charge in [-0.1, -0.05) is 0 Å². The SMILES string of the molecule is NC(=O)c1ccc(NC(=O)C2COCCN2)cc1. The van der Waals surface area contributed by atoms with Crippen molar-refractivity contribution in [2.75, 3.05) is 25.1 Å². The molecule has 1 aromatic rings. The van der Waals surface area contributed by atoms with Crippen LogP contribution in [-0.2, 0) is 9.53 Å². The van der Waals surface area contributed by atoms with Gasteiger partial charge in [0.2, 0.25) is 11.8 Å². The van der Waals surface area contributed by atoms with Crippen molar-refractivity contribution in [1.82, 2.24) is 5.32 Å². The largest absolute Gasteiger partial charge is 0.378 e. The number of primary amides is 1. The highest BCUT2D eigenvalue weighted by Crippen LogP contribution is 2.10. The molecule has 2 rings (SSSR count). The number of hydrogen-bond acceptors (Lipinski definition) is 4. The normalized spacial score (nSPS) is 19.2. The lowest BCUT2D eigenvalue weighted by Crippen LogP contribution is -2.48. The summed E-state index contributed by atoms with van der Waals surface area (Å²) in [4.78, 5) is 22.7. The van der Waals surface area contributed by atoms with Crippen molar-refractivity contribution < 1.29 is 14.3 Å². The van der Waals surface area contributed by atoms with Crippen LogP contribution >= 0.6 is 0 Å². The van der Waals surface area contributed by atoms with Gasteiger partial charge < -0.3 is 21.1 Å². The van der Waals surface area contributed by atoms with Crippen molar-refractivity contribution in [2.24, 2.45) is 5.73 Å². The van der Waals surface area contributed by atoms with E-state index in [0.29, 0.717) is 31.0 Å². The smallest absolute Gasteiger partial charge is 0.248 e. The summed E-state index contributed by atoms with van der Waals surface area (Å²) < 4.78 is 5.21. The van der Waals surface area contributed by atoms with Crippen molar-refractivity contribution in [3.63, 3.8) is 0 Å². The summed E-state index contributed by atoms with van der Waals surface area (Å²) in [5, 5.41) is 5.80. The van der Waals surface area contributed by atoms with E-state index in [-0.39, 0.29) is 11.9 Å². The van der Waals surface area contributed by atoms with E-state index in [1.54, 1.807) is 24.3 Å². The van der Waals surface area contributed by atoms with Gasteiger partial charge in [-0.15, -0.1) is 0 Å². The molecule has 1 aliphatic rings. The second kappa shape index (κ2) is 5.61. The molecule has 0 aliphatic carbocycles. The van der Waals surface area contributed by atoms with E-state index >= 15 is 0 Å². The van der Waals surface area contributed by atoms with E-state index in [1.807, 2.05) is 0 Å². The number of benzene rings is 1. The van der Waals surface area contributed by atoms with Gasteiger partial charge in [0.05, 0.1) is 13.2 Å². The van der Waals surface area contributed by atoms with Gasteiger partial charge in [-0.3, -0.25) is 9.59 Å². The van der Waals surface area contributed by atoms with E-state index in [1.165, 1.54) is 0 Å². The zero-order valence-electron chi connectivity index (χ0n) is 9.81. The zero-order valence-corrected chi connectivity index (χ0v) is 9.81. The van der Waals surface area contributed by atoms with Crippen LogP contribution in [0.5, 0.6) is 0 Å². The van der Waals surface area contributed by atoms with Crippen LogP contribution in [0.2, 0.25) is 0 Å². The number of carbonyl (C=O) groups excluding carboxylic acids is 2. The van der Waals surface area contributed by atoms with Gasteiger partial charge in [0.1, 0.15) is 6.04 Å². The molecule has 18 heavy (non-hydrogen) atoms. The van der Waals surface area contributed by atoms with Gasteiger partial charge in [-0.25, -0.2) is 0 Å². The molecule has 0 spiro atoms. The molecule has 4 N–H and O–H groups in total. The number of morpholine rings is 1. The van der Waals surface area contributed by atoms with Crippen LogP contribution in [0.1, 0.15) is 10.4 Å². The molecule has 1 atom stereocenters. The first kappa shape index (κ1) is 12.5. The molecule has 0 radical (unpaired) electrons. The number of carbonyl (C=O) groups is 2. The summed E-state index contributed by atoms with van der Waals surface area (Å²) in [5.41, 5.74) is 6.16. The Morgan fingerprint density at radius 2 is 2.06 bits per heavy atom. The first-order chi connectivity index (χ1) is 8.66. The minimum atomic E-state index is -0.491. The summed E-state index contributed by atoms with van der Waals surface area (Å²) in [6, 6.07) is 6.09. The van der Waals surface area contributed by atoms with Crippen molar-refractivity contribution in [3.05, 3.63) is 29.8 Å². The average molecular weight is 249 g/mol. The van der Waals surface area contributed by atoms with Crippen LogP contribution in [0.15, 0.2) is 24.3 Å². The Kier molecular flexibility index (Phi) is 3.91. The fourth-order valence-corrected chi connectivity index (χ4v) is 1.68. The van der Waals surface area contributed by atoms with Gasteiger partial charge in [0.25, 0.3) is 0 Å². The number of ether oxygens (including phenoxy) is 1. The first-order valence-electron chi connectivity index (χ1n) is 5.68. The number of amides is 2. The van der Waals surface area contributed by atoms with Crippen LogP contribution in [0.25, 0.3) is 0 Å². The lowest BCUT2D eigenvalue weighted by molar-refractivity contribution is -0.120. The topological polar surface area (TPSA) is 93.5 Å². The third-order valence-corrected chi connectivity index (χ3v) is 2.68. The summed E-state index contributed by atoms with van der Waals surface area (Å²) in [6.07, 6.45) is 0. The summed E-state index contributed by atoms with van der Waals surface area (Å²) >= 11 is 0. The lowest BCUT2D eigenvalue weighted by Gasteiger charge is -2.22. The Balaban J connectivity index is 1.96. The quantitative estimate of drug-likeness (QED) is 0.686. The molecular formula is C12H15N3O3. The molecule has 2 amide bonds. The monoisotopic (exact) mass is 249 g/mol. The van der Waals surface area contributed by atoms with Crippen LogP contribution < -0.4 is 16.4 Å². The standard InChI is InChI=1S/C12H15N3O3/c13-11(16)8-1-3-9(4-2-8)15-12(17)10-7-18-6-5-14-10/h1-4,10,14H,5-7H2,(H2,13,16)(H,15,17). The van der Waals surface area contributed by atoms with Crippen LogP contribution in [0.4, 0.5) is 5.69 Å². The molecule has 1 aliphatic heterocycles. The van der Waals surface area contributed by atoms with Gasteiger partial charge in [0, 0.05) is 17.8 Å². The van der Waals surface area contributed by atoms with E-state index in [9.17, 15) is 9.59 Å². The molecule has 6 heteroatoms. The van der Waals surface area contributed by atoms with Crippen molar-refractivity contribution >= 4 is 17.5 Å². The van der Waals surface area contributed by atoms with Gasteiger partial charge in [-0.05, 0) is 24.3 Å². The van der Waals surface area contributed by atoms with E-state index in [4.69, 9.17) is 10.5 Å². The zero-order chi connectivity index (χ0) is 13.0. The molecule has 1 saturated heterocycles. The molecule has 0 aromatic heterocycles. The summed E-state index contributed by atoms with van der Waals surface area (Å²) in [7, 11) is 0. The second-order valence-electron chi connectivity index (χ2n) is 4.01. The van der Waals surface area contributed by atoms with Gasteiger partial charge in [0.15, 0.2) is 0 Å². The third-order valence-electron chi connectivity index (χ3n) is 2.68. The maximum absolute atomic E-state index is 11.8. The highest BCUT2D eigenvalue weighted by Gasteiger charge is 2.20. The Labute approximate surface area is 104 Å². The highest BCUT2D eigenvalue weighted by atomic mass is 16.5. The molecule has 96 valence electrons. The minimum Gasteiger partial charge on any atom is -0.378 e. The number of hydrogen-bond donors (Lipinski definition) is 3. The maximum atomic E-state index is 11.8. The highest BCUT2D eigenvalue weighted by molar-refractivity contribution is 5.96. The summed E-state index contributed by atoms with van der Waals surface area (Å²) in [5.74, 6) is -0.642. The number of nitrogens with two attached hydrogens (primary N) is 1. The molecule has 1 heterocycles. The fraction of sp³-hybridized carbons (Fsp3) is 0.333. The van der Waals surface area contributed by atoms with E-state index in [2.05, 4.69) is 10.6 Å². The molecule has 0 bridgehead atoms. The van der Waals surface area contributed by atoms with E-state index < -0.39 is 5.91 Å². The third kappa shape index (κ3) is 3.06. The maximum Gasteiger partial charge on any atom is 0.248 e. The summed E-state index contributed by atoms with van der Waals surface area (Å²) in [6.45, 7) is 1.65. The van der Waals surface area contributed by atoms with Gasteiger partial charge in [-0.2, -0.15) is 0 Å². The molecule has 0 saturated carbocycles. The molecule has 1 unspecified atom stereocenters. The van der Waals surface area contributed by atoms with Crippen LogP contribution in [-0.4, -0.2) is 37.6 Å². The Morgan fingerprint density at radius 1 is 1.33 bits per heavy atom. The van der Waals surface area contributed by atoms with Gasteiger partial charge >= 0.3 is 0 Å². The van der Waals surface area contributed by atoms with Crippen molar-refractivity contribution in [2.45, 2.75) is 6.04 Å². The predicted octanol–water partition coefficient (Wildman–Crippen LogP) is -0.288. The Hall–Kier alpha value is -1.92. The number of anilines is 1. The molecular weight excluding hydrogens is 234 g/mol. The Morgan fingerprint density at radius 3 is 2.61 bits per heavy atom. The van der Waals surface area contributed by atoms with E-state index in [0.717, 1.165) is 0 Å². The fourth-order valence-electron chi connectivity index (χ4n) is 1.68. The number of nitrogens with one attached hydrogen (secondary N) is 2. The Bertz CT molecular complexity index is 438. The first-order valence-corrected chi connectivity index (χ1v) is 5.68. The van der Waals surface area contributed by atoms with Crippen LogP contribution in [0, 0.1) is 0 Å². The molecule has 6 nitrogen and oxygen atoms in total. The molecule has 1 fully saturated rings. The number of rotatable bonds is 3. The van der Waals surface area contributed by atoms with Crippen LogP contribution in [0.3, 0.4) is 0 Å². The second-order valence-corrected chi connectivity index (χ2v) is 4.01. The minimum absolute atomic E-state index is 0.151. The molecule has 1 aromatic carbocycles. The average Bonchev–Trinajstić information content (AvgIpc) is 2.40. The predicted molar refractivity (Wildman–Crippen MR) is 66.2 cm³/mol.